The van der Waals surface area contributed by atoms with Crippen molar-refractivity contribution in [1.29, 1.82) is 0 Å². The first kappa shape index (κ1) is 14.3. The molecule has 0 aromatic heterocycles. The predicted molar refractivity (Wildman–Crippen MR) is 75.0 cm³/mol. The molecule has 1 fully saturated rings. The Hall–Kier alpha value is -2.08. The van der Waals surface area contributed by atoms with Crippen molar-refractivity contribution in [1.82, 2.24) is 10.2 Å². The molecular formula is C14H19N3O3. The molecule has 0 saturated carbocycles. The van der Waals surface area contributed by atoms with E-state index in [9.17, 15) is 14.7 Å². The first-order valence-corrected chi connectivity index (χ1v) is 6.66. The van der Waals surface area contributed by atoms with Crippen molar-refractivity contribution in [3.63, 3.8) is 0 Å². The SMILES string of the molecule is Nc1ccc(C(=O)NCC(=O)N2CCCC(O)C2)cc1. The number of aliphatic hydroxyl groups excluding tert-OH is 1. The standard InChI is InChI=1S/C14H19N3O3/c15-11-5-3-10(4-6-11)14(20)16-8-13(19)17-7-1-2-12(18)9-17/h3-6,12,18H,1-2,7-9,15H2,(H,16,20). The van der Waals surface area contributed by atoms with Crippen LogP contribution in [0.25, 0.3) is 0 Å². The number of carbonyl (C=O) groups excluding carboxylic acids is 2. The largest absolute Gasteiger partial charge is 0.399 e. The summed E-state index contributed by atoms with van der Waals surface area (Å²) in [6.07, 6.45) is 1.06. The Balaban J connectivity index is 1.83. The van der Waals surface area contributed by atoms with Crippen molar-refractivity contribution in [2.45, 2.75) is 18.9 Å². The van der Waals surface area contributed by atoms with Gasteiger partial charge in [0.2, 0.25) is 5.91 Å². The number of hydrogen-bond acceptors (Lipinski definition) is 4. The van der Waals surface area contributed by atoms with Crippen LogP contribution < -0.4 is 11.1 Å². The van der Waals surface area contributed by atoms with Gasteiger partial charge in [-0.1, -0.05) is 0 Å². The molecule has 1 heterocycles. The Morgan fingerprint density at radius 1 is 1.35 bits per heavy atom. The number of anilines is 1. The topological polar surface area (TPSA) is 95.7 Å². The molecule has 1 aliphatic heterocycles. The van der Waals surface area contributed by atoms with E-state index in [2.05, 4.69) is 5.32 Å². The predicted octanol–water partition coefficient (Wildman–Crippen LogP) is -0.0181. The van der Waals surface area contributed by atoms with Crippen LogP contribution in [0.1, 0.15) is 23.2 Å². The van der Waals surface area contributed by atoms with Crippen LogP contribution in [0.4, 0.5) is 5.69 Å². The lowest BCUT2D eigenvalue weighted by atomic mass is 10.1. The van der Waals surface area contributed by atoms with Crippen LogP contribution in [0.3, 0.4) is 0 Å². The third kappa shape index (κ3) is 3.71. The monoisotopic (exact) mass is 277 g/mol. The highest BCUT2D eigenvalue weighted by atomic mass is 16.3. The van der Waals surface area contributed by atoms with E-state index in [0.29, 0.717) is 24.3 Å². The number of benzene rings is 1. The lowest BCUT2D eigenvalue weighted by Crippen LogP contribution is -2.46. The van der Waals surface area contributed by atoms with Crippen LogP contribution in [-0.4, -0.2) is 47.6 Å². The van der Waals surface area contributed by atoms with Crippen LogP contribution in [0, 0.1) is 0 Å². The summed E-state index contributed by atoms with van der Waals surface area (Å²) in [5.41, 5.74) is 6.59. The summed E-state index contributed by atoms with van der Waals surface area (Å²) in [6, 6.07) is 6.50. The number of hydrogen-bond donors (Lipinski definition) is 3. The molecule has 1 aromatic rings. The second kappa shape index (κ2) is 6.38. The summed E-state index contributed by atoms with van der Waals surface area (Å²) in [5, 5.41) is 12.1. The molecule has 20 heavy (non-hydrogen) atoms. The van der Waals surface area contributed by atoms with Crippen LogP contribution in [0.15, 0.2) is 24.3 Å². The Morgan fingerprint density at radius 3 is 2.70 bits per heavy atom. The molecule has 2 rings (SSSR count). The number of rotatable bonds is 3. The zero-order valence-corrected chi connectivity index (χ0v) is 11.2. The van der Waals surface area contributed by atoms with Gasteiger partial charge in [0.15, 0.2) is 0 Å². The highest BCUT2D eigenvalue weighted by Gasteiger charge is 2.22. The molecule has 2 amide bonds. The van der Waals surface area contributed by atoms with E-state index in [0.717, 1.165) is 12.8 Å². The zero-order chi connectivity index (χ0) is 14.5. The van der Waals surface area contributed by atoms with Gasteiger partial charge in [-0.3, -0.25) is 9.59 Å². The minimum absolute atomic E-state index is 0.0596. The van der Waals surface area contributed by atoms with Crippen molar-refractivity contribution in [3.8, 4) is 0 Å². The first-order chi connectivity index (χ1) is 9.56. The minimum Gasteiger partial charge on any atom is -0.399 e. The number of carbonyl (C=O) groups is 2. The zero-order valence-electron chi connectivity index (χ0n) is 11.2. The molecule has 0 bridgehead atoms. The maximum Gasteiger partial charge on any atom is 0.251 e. The number of aliphatic hydroxyl groups is 1. The van der Waals surface area contributed by atoms with E-state index < -0.39 is 6.10 Å². The van der Waals surface area contributed by atoms with E-state index in [4.69, 9.17) is 5.73 Å². The molecule has 1 atom stereocenters. The van der Waals surface area contributed by atoms with Gasteiger partial charge in [-0.05, 0) is 37.1 Å². The fourth-order valence-corrected chi connectivity index (χ4v) is 2.19. The summed E-state index contributed by atoms with van der Waals surface area (Å²) in [6.45, 7) is 0.917. The smallest absolute Gasteiger partial charge is 0.251 e. The summed E-state index contributed by atoms with van der Waals surface area (Å²) >= 11 is 0. The van der Waals surface area contributed by atoms with E-state index >= 15 is 0 Å². The lowest BCUT2D eigenvalue weighted by Gasteiger charge is -2.30. The third-order valence-corrected chi connectivity index (χ3v) is 3.32. The lowest BCUT2D eigenvalue weighted by molar-refractivity contribution is -0.133. The Labute approximate surface area is 117 Å². The number of amides is 2. The number of β-amino-alcohol motifs (C(OH)–C–C–N with tert-alkyl or cyclic N) is 1. The highest BCUT2D eigenvalue weighted by Crippen LogP contribution is 2.09. The minimum atomic E-state index is -0.458. The van der Waals surface area contributed by atoms with Gasteiger partial charge in [-0.25, -0.2) is 0 Å². The Kier molecular flexibility index (Phi) is 4.57. The second-order valence-corrected chi connectivity index (χ2v) is 4.94. The maximum atomic E-state index is 11.9. The summed E-state index contributed by atoms with van der Waals surface area (Å²) in [5.74, 6) is -0.483. The molecule has 6 nitrogen and oxygen atoms in total. The van der Waals surface area contributed by atoms with Crippen LogP contribution in [0.5, 0.6) is 0 Å². The van der Waals surface area contributed by atoms with E-state index in [1.54, 1.807) is 29.2 Å². The number of piperidine rings is 1. The van der Waals surface area contributed by atoms with Gasteiger partial charge in [0.25, 0.3) is 5.91 Å². The molecule has 108 valence electrons. The van der Waals surface area contributed by atoms with E-state index in [1.165, 1.54) is 0 Å². The molecule has 1 aliphatic rings. The fraction of sp³-hybridized carbons (Fsp3) is 0.429. The molecule has 0 radical (unpaired) electrons. The average molecular weight is 277 g/mol. The van der Waals surface area contributed by atoms with Gasteiger partial charge in [0, 0.05) is 24.3 Å². The molecule has 1 saturated heterocycles. The first-order valence-electron chi connectivity index (χ1n) is 6.66. The number of nitrogen functional groups attached to an aromatic ring is 1. The van der Waals surface area contributed by atoms with Gasteiger partial charge in [0.1, 0.15) is 0 Å². The molecule has 0 aliphatic carbocycles. The molecule has 4 N–H and O–H groups in total. The molecular weight excluding hydrogens is 258 g/mol. The molecule has 1 aromatic carbocycles. The van der Waals surface area contributed by atoms with E-state index in [1.807, 2.05) is 0 Å². The van der Waals surface area contributed by atoms with Gasteiger partial charge in [-0.2, -0.15) is 0 Å². The number of nitrogens with one attached hydrogen (secondary N) is 1. The quantitative estimate of drug-likeness (QED) is 0.677. The number of nitrogens with zero attached hydrogens (tertiary/aromatic N) is 1. The van der Waals surface area contributed by atoms with Gasteiger partial charge < -0.3 is 21.1 Å². The van der Waals surface area contributed by atoms with Crippen molar-refractivity contribution < 1.29 is 14.7 Å². The normalized spacial score (nSPS) is 18.6. The summed E-state index contributed by atoms with van der Waals surface area (Å²) < 4.78 is 0. The van der Waals surface area contributed by atoms with Crippen molar-refractivity contribution >= 4 is 17.5 Å². The molecule has 0 spiro atoms. The Bertz CT molecular complexity index is 487. The average Bonchev–Trinajstić information content (AvgIpc) is 2.45. The summed E-state index contributed by atoms with van der Waals surface area (Å²) in [7, 11) is 0. The number of nitrogens with two attached hydrogens (primary N) is 1. The Morgan fingerprint density at radius 2 is 2.05 bits per heavy atom. The van der Waals surface area contributed by atoms with Crippen molar-refractivity contribution in [2.75, 3.05) is 25.4 Å². The number of likely N-dealkylation sites (tertiary alicyclic amines) is 1. The molecule has 1 unspecified atom stereocenters. The van der Waals surface area contributed by atoms with E-state index in [-0.39, 0.29) is 18.4 Å². The van der Waals surface area contributed by atoms with Crippen LogP contribution >= 0.6 is 0 Å². The van der Waals surface area contributed by atoms with Crippen molar-refractivity contribution in [2.24, 2.45) is 0 Å². The second-order valence-electron chi connectivity index (χ2n) is 4.94. The summed E-state index contributed by atoms with van der Waals surface area (Å²) in [4.78, 5) is 25.3. The van der Waals surface area contributed by atoms with Gasteiger partial charge in [0.05, 0.1) is 12.6 Å². The third-order valence-electron chi connectivity index (χ3n) is 3.32. The van der Waals surface area contributed by atoms with Gasteiger partial charge in [-0.15, -0.1) is 0 Å². The van der Waals surface area contributed by atoms with Gasteiger partial charge >= 0.3 is 0 Å². The fourth-order valence-electron chi connectivity index (χ4n) is 2.19. The highest BCUT2D eigenvalue weighted by molar-refractivity contribution is 5.96. The van der Waals surface area contributed by atoms with Crippen LogP contribution in [0.2, 0.25) is 0 Å². The molecule has 6 heteroatoms. The maximum absolute atomic E-state index is 11.9. The van der Waals surface area contributed by atoms with Crippen molar-refractivity contribution in [3.05, 3.63) is 29.8 Å². The van der Waals surface area contributed by atoms with Crippen LogP contribution in [-0.2, 0) is 4.79 Å².